The molecule has 1 saturated heterocycles. The van der Waals surface area contributed by atoms with Crippen molar-refractivity contribution in [3.63, 3.8) is 0 Å². The van der Waals surface area contributed by atoms with E-state index in [2.05, 4.69) is 23.3 Å². The fourth-order valence-electron chi connectivity index (χ4n) is 1.83. The predicted octanol–water partition coefficient (Wildman–Crippen LogP) is 1.68. The minimum absolute atomic E-state index is 0.175. The van der Waals surface area contributed by atoms with Gasteiger partial charge in [0.15, 0.2) is 0 Å². The van der Waals surface area contributed by atoms with Gasteiger partial charge >= 0.3 is 0 Å². The van der Waals surface area contributed by atoms with Crippen molar-refractivity contribution in [2.45, 2.75) is 25.3 Å². The van der Waals surface area contributed by atoms with E-state index in [1.807, 2.05) is 18.5 Å². The largest absolute Gasteiger partial charge is 0.308 e. The molecule has 0 saturated carbocycles. The number of nitrogens with one attached hydrogen (secondary N) is 1. The van der Waals surface area contributed by atoms with Gasteiger partial charge in [0.05, 0.1) is 0 Å². The van der Waals surface area contributed by atoms with Crippen LogP contribution in [0.3, 0.4) is 0 Å². The quantitative estimate of drug-likeness (QED) is 0.679. The third-order valence-corrected chi connectivity index (χ3v) is 2.67. The fourth-order valence-corrected chi connectivity index (χ4v) is 1.83. The molecule has 0 aromatic carbocycles. The van der Waals surface area contributed by atoms with Gasteiger partial charge in [-0.1, -0.05) is 6.07 Å². The van der Waals surface area contributed by atoms with Crippen LogP contribution in [0.4, 0.5) is 0 Å². The maximum atomic E-state index is 4.13. The van der Waals surface area contributed by atoms with Crippen molar-refractivity contribution in [2.75, 3.05) is 6.54 Å². The van der Waals surface area contributed by atoms with Gasteiger partial charge in [0.2, 0.25) is 0 Å². The van der Waals surface area contributed by atoms with Crippen LogP contribution in [-0.2, 0) is 5.54 Å². The standard InChI is InChI=1S/C10H14N2/c1-10(5-3-7-12-10)9-4-2-6-11-8-9/h2,4,6,8,12H,3,5,7H2,1H3/t10-/m0/s1. The van der Waals surface area contributed by atoms with Crippen LogP contribution in [0.1, 0.15) is 25.3 Å². The summed E-state index contributed by atoms with van der Waals surface area (Å²) >= 11 is 0. The van der Waals surface area contributed by atoms with Crippen LogP contribution >= 0.6 is 0 Å². The Bertz CT molecular complexity index is 250. The number of pyridine rings is 1. The van der Waals surface area contributed by atoms with E-state index in [9.17, 15) is 0 Å². The van der Waals surface area contributed by atoms with Crippen molar-refractivity contribution >= 4 is 0 Å². The van der Waals surface area contributed by atoms with E-state index in [0.29, 0.717) is 0 Å². The van der Waals surface area contributed by atoms with Gasteiger partial charge in [-0.05, 0) is 37.9 Å². The van der Waals surface area contributed by atoms with Crippen molar-refractivity contribution in [1.82, 2.24) is 10.3 Å². The molecule has 12 heavy (non-hydrogen) atoms. The Labute approximate surface area is 73.0 Å². The molecule has 0 bridgehead atoms. The molecule has 1 aliphatic heterocycles. The van der Waals surface area contributed by atoms with E-state index in [0.717, 1.165) is 6.54 Å². The molecule has 2 rings (SSSR count). The monoisotopic (exact) mass is 162 g/mol. The maximum Gasteiger partial charge on any atom is 0.0421 e. The summed E-state index contributed by atoms with van der Waals surface area (Å²) in [4.78, 5) is 4.13. The Kier molecular flexibility index (Phi) is 1.85. The van der Waals surface area contributed by atoms with Crippen LogP contribution in [0.15, 0.2) is 24.5 Å². The normalized spacial score (nSPS) is 29.1. The number of hydrogen-bond acceptors (Lipinski definition) is 2. The van der Waals surface area contributed by atoms with Crippen LogP contribution in [0.2, 0.25) is 0 Å². The number of aromatic nitrogens is 1. The van der Waals surface area contributed by atoms with Crippen LogP contribution in [0.25, 0.3) is 0 Å². The van der Waals surface area contributed by atoms with E-state index in [4.69, 9.17) is 0 Å². The SMILES string of the molecule is C[C@@]1(c2cccnc2)CCCN1. The molecule has 1 N–H and O–H groups in total. The predicted molar refractivity (Wildman–Crippen MR) is 48.8 cm³/mol. The molecule has 1 aliphatic rings. The molecule has 2 heteroatoms. The van der Waals surface area contributed by atoms with Crippen molar-refractivity contribution in [3.05, 3.63) is 30.1 Å². The van der Waals surface area contributed by atoms with Gasteiger partial charge < -0.3 is 5.32 Å². The Hall–Kier alpha value is -0.890. The molecule has 0 radical (unpaired) electrons. The molecule has 2 nitrogen and oxygen atoms in total. The summed E-state index contributed by atoms with van der Waals surface area (Å²) in [6.45, 7) is 3.38. The molecule has 0 spiro atoms. The first-order chi connectivity index (χ1) is 5.81. The molecule has 0 amide bonds. The lowest BCUT2D eigenvalue weighted by molar-refractivity contribution is 0.433. The van der Waals surface area contributed by atoms with E-state index in [1.165, 1.54) is 18.4 Å². The van der Waals surface area contributed by atoms with Crippen LogP contribution in [-0.4, -0.2) is 11.5 Å². The molecule has 64 valence electrons. The Balaban J connectivity index is 2.29. The average molecular weight is 162 g/mol. The number of rotatable bonds is 1. The van der Waals surface area contributed by atoms with Gasteiger partial charge in [-0.25, -0.2) is 0 Å². The summed E-state index contributed by atoms with van der Waals surface area (Å²) < 4.78 is 0. The molecular weight excluding hydrogens is 148 g/mol. The molecule has 1 fully saturated rings. The van der Waals surface area contributed by atoms with Crippen LogP contribution in [0, 0.1) is 0 Å². The summed E-state index contributed by atoms with van der Waals surface area (Å²) in [7, 11) is 0. The maximum absolute atomic E-state index is 4.13. The lowest BCUT2D eigenvalue weighted by Gasteiger charge is -2.24. The minimum atomic E-state index is 0.175. The van der Waals surface area contributed by atoms with E-state index in [-0.39, 0.29) is 5.54 Å². The molecule has 1 atom stereocenters. The lowest BCUT2D eigenvalue weighted by Crippen LogP contribution is -2.33. The van der Waals surface area contributed by atoms with Gasteiger partial charge in [-0.15, -0.1) is 0 Å². The highest BCUT2D eigenvalue weighted by Gasteiger charge is 2.29. The van der Waals surface area contributed by atoms with E-state index < -0.39 is 0 Å². The number of hydrogen-bond donors (Lipinski definition) is 1. The first-order valence-corrected chi connectivity index (χ1v) is 4.47. The molecule has 0 unspecified atom stereocenters. The summed E-state index contributed by atoms with van der Waals surface area (Å²) in [6, 6.07) is 4.14. The van der Waals surface area contributed by atoms with Gasteiger partial charge in [-0.3, -0.25) is 4.98 Å². The topological polar surface area (TPSA) is 24.9 Å². The molecule has 1 aromatic rings. The molecule has 2 heterocycles. The Morgan fingerprint density at radius 3 is 3.08 bits per heavy atom. The smallest absolute Gasteiger partial charge is 0.0421 e. The van der Waals surface area contributed by atoms with Gasteiger partial charge in [0.1, 0.15) is 0 Å². The highest BCUT2D eigenvalue weighted by molar-refractivity contribution is 5.20. The van der Waals surface area contributed by atoms with Crippen molar-refractivity contribution in [2.24, 2.45) is 0 Å². The third-order valence-electron chi connectivity index (χ3n) is 2.67. The van der Waals surface area contributed by atoms with Crippen LogP contribution < -0.4 is 5.32 Å². The zero-order chi connectivity index (χ0) is 8.44. The van der Waals surface area contributed by atoms with Crippen molar-refractivity contribution < 1.29 is 0 Å². The Morgan fingerprint density at radius 2 is 2.50 bits per heavy atom. The highest BCUT2D eigenvalue weighted by Crippen LogP contribution is 2.29. The third kappa shape index (κ3) is 1.23. The average Bonchev–Trinajstić information content (AvgIpc) is 2.55. The zero-order valence-electron chi connectivity index (χ0n) is 7.38. The van der Waals surface area contributed by atoms with Crippen molar-refractivity contribution in [3.8, 4) is 0 Å². The first-order valence-electron chi connectivity index (χ1n) is 4.47. The van der Waals surface area contributed by atoms with Gasteiger partial charge in [0.25, 0.3) is 0 Å². The van der Waals surface area contributed by atoms with Gasteiger partial charge in [0, 0.05) is 17.9 Å². The molecular formula is C10H14N2. The van der Waals surface area contributed by atoms with Crippen molar-refractivity contribution in [1.29, 1.82) is 0 Å². The van der Waals surface area contributed by atoms with Gasteiger partial charge in [-0.2, -0.15) is 0 Å². The lowest BCUT2D eigenvalue weighted by atomic mass is 9.92. The van der Waals surface area contributed by atoms with E-state index in [1.54, 1.807) is 0 Å². The second-order valence-electron chi connectivity index (χ2n) is 3.60. The summed E-state index contributed by atoms with van der Waals surface area (Å²) in [5, 5.41) is 3.51. The fraction of sp³-hybridized carbons (Fsp3) is 0.500. The second kappa shape index (κ2) is 2.87. The minimum Gasteiger partial charge on any atom is -0.308 e. The first kappa shape index (κ1) is 7.74. The van der Waals surface area contributed by atoms with Crippen LogP contribution in [0.5, 0.6) is 0 Å². The Morgan fingerprint density at radius 1 is 1.58 bits per heavy atom. The number of nitrogens with zero attached hydrogens (tertiary/aromatic N) is 1. The summed E-state index contributed by atoms with van der Waals surface area (Å²) in [5.74, 6) is 0. The molecule has 0 aliphatic carbocycles. The highest BCUT2D eigenvalue weighted by atomic mass is 15.0. The summed E-state index contributed by atoms with van der Waals surface area (Å²) in [6.07, 6.45) is 6.27. The summed E-state index contributed by atoms with van der Waals surface area (Å²) in [5.41, 5.74) is 1.48. The zero-order valence-corrected chi connectivity index (χ0v) is 7.38. The van der Waals surface area contributed by atoms with E-state index >= 15 is 0 Å². The second-order valence-corrected chi connectivity index (χ2v) is 3.60. The molecule has 1 aromatic heterocycles.